The van der Waals surface area contributed by atoms with E-state index >= 15 is 0 Å². The lowest BCUT2D eigenvalue weighted by atomic mass is 9.98. The van der Waals surface area contributed by atoms with Crippen LogP contribution in [0.4, 0.5) is 0 Å². The van der Waals surface area contributed by atoms with Crippen molar-refractivity contribution < 1.29 is 9.47 Å². The van der Waals surface area contributed by atoms with Crippen LogP contribution in [0.3, 0.4) is 0 Å². The van der Waals surface area contributed by atoms with Crippen molar-refractivity contribution in [2.45, 2.75) is 65.1 Å². The van der Waals surface area contributed by atoms with Crippen molar-refractivity contribution in [2.75, 3.05) is 7.11 Å². The van der Waals surface area contributed by atoms with Gasteiger partial charge in [-0.1, -0.05) is 13.3 Å². The Morgan fingerprint density at radius 3 is 2.80 bits per heavy atom. The Balaban J connectivity index is 2.14. The highest BCUT2D eigenvalue weighted by atomic mass is 16.5. The Kier molecular flexibility index (Phi) is 4.59. The van der Waals surface area contributed by atoms with Crippen molar-refractivity contribution in [1.82, 2.24) is 5.32 Å². The van der Waals surface area contributed by atoms with Crippen LogP contribution in [-0.2, 0) is 13.0 Å². The van der Waals surface area contributed by atoms with Crippen LogP contribution in [0.25, 0.3) is 0 Å². The summed E-state index contributed by atoms with van der Waals surface area (Å²) < 4.78 is 11.4. The number of fused-ring (bicyclic) bond motifs is 1. The highest BCUT2D eigenvalue weighted by Crippen LogP contribution is 2.35. The van der Waals surface area contributed by atoms with E-state index in [0.717, 1.165) is 30.9 Å². The molecule has 0 fully saturated rings. The smallest absolute Gasteiger partial charge is 0.123 e. The second-order valence-corrected chi connectivity index (χ2v) is 6.39. The van der Waals surface area contributed by atoms with Gasteiger partial charge in [-0.25, -0.2) is 0 Å². The number of ether oxygens (including phenoxy) is 2. The van der Waals surface area contributed by atoms with Crippen LogP contribution < -0.4 is 14.8 Å². The summed E-state index contributed by atoms with van der Waals surface area (Å²) in [4.78, 5) is 0. The fourth-order valence-corrected chi connectivity index (χ4v) is 2.86. The normalized spacial score (nSPS) is 17.8. The molecule has 0 aliphatic carbocycles. The molecule has 20 heavy (non-hydrogen) atoms. The molecule has 0 radical (unpaired) electrons. The van der Waals surface area contributed by atoms with Gasteiger partial charge in [-0.05, 0) is 39.3 Å². The number of hydrogen-bond donors (Lipinski definition) is 1. The van der Waals surface area contributed by atoms with E-state index in [4.69, 9.17) is 9.47 Å². The first-order valence-electron chi connectivity index (χ1n) is 7.56. The zero-order valence-corrected chi connectivity index (χ0v) is 13.4. The maximum atomic E-state index is 5.84. The summed E-state index contributed by atoms with van der Waals surface area (Å²) in [6.45, 7) is 9.62. The summed E-state index contributed by atoms with van der Waals surface area (Å²) in [5, 5.41) is 3.62. The topological polar surface area (TPSA) is 30.5 Å². The van der Waals surface area contributed by atoms with Crippen LogP contribution in [0.5, 0.6) is 11.5 Å². The average molecular weight is 277 g/mol. The lowest BCUT2D eigenvalue weighted by Crippen LogP contribution is -2.38. The predicted molar refractivity (Wildman–Crippen MR) is 82.6 cm³/mol. The number of rotatable bonds is 6. The maximum absolute atomic E-state index is 5.84. The monoisotopic (exact) mass is 277 g/mol. The minimum atomic E-state index is 0.146. The molecule has 0 aromatic heterocycles. The van der Waals surface area contributed by atoms with Crippen molar-refractivity contribution in [3.8, 4) is 11.5 Å². The van der Waals surface area contributed by atoms with Gasteiger partial charge in [0.15, 0.2) is 0 Å². The Labute approximate surface area is 122 Å². The van der Waals surface area contributed by atoms with E-state index in [-0.39, 0.29) is 11.6 Å². The Bertz CT molecular complexity index is 468. The first-order chi connectivity index (χ1) is 9.45. The molecule has 0 saturated carbocycles. The zero-order chi connectivity index (χ0) is 14.8. The van der Waals surface area contributed by atoms with Crippen molar-refractivity contribution in [3.63, 3.8) is 0 Å². The Morgan fingerprint density at radius 2 is 2.15 bits per heavy atom. The van der Waals surface area contributed by atoms with Crippen molar-refractivity contribution in [3.05, 3.63) is 23.3 Å². The number of nitrogens with one attached hydrogen (secondary N) is 1. The van der Waals surface area contributed by atoms with Crippen LogP contribution in [-0.4, -0.2) is 18.8 Å². The molecule has 0 spiro atoms. The van der Waals surface area contributed by atoms with E-state index < -0.39 is 0 Å². The highest BCUT2D eigenvalue weighted by Gasteiger charge is 2.22. The standard InChI is InChI=1S/C17H27NO2/c1-6-7-17(3,4)18-11-14-10-16-13(8-12(2)20-16)9-15(14)19-5/h9-10,12,18H,6-8,11H2,1-5H3. The van der Waals surface area contributed by atoms with Gasteiger partial charge in [0.25, 0.3) is 0 Å². The third-order valence-electron chi connectivity index (χ3n) is 3.93. The molecule has 3 nitrogen and oxygen atoms in total. The van der Waals surface area contributed by atoms with Gasteiger partial charge in [0.05, 0.1) is 7.11 Å². The highest BCUT2D eigenvalue weighted by molar-refractivity contribution is 5.48. The molecule has 1 aliphatic heterocycles. The maximum Gasteiger partial charge on any atom is 0.123 e. The molecule has 1 aromatic carbocycles. The zero-order valence-electron chi connectivity index (χ0n) is 13.4. The summed E-state index contributed by atoms with van der Waals surface area (Å²) in [5.74, 6) is 1.98. The third-order valence-corrected chi connectivity index (χ3v) is 3.93. The van der Waals surface area contributed by atoms with E-state index in [0.29, 0.717) is 0 Å². The third kappa shape index (κ3) is 3.45. The molecular weight excluding hydrogens is 250 g/mol. The fraction of sp³-hybridized carbons (Fsp3) is 0.647. The van der Waals surface area contributed by atoms with Crippen molar-refractivity contribution in [2.24, 2.45) is 0 Å². The van der Waals surface area contributed by atoms with Gasteiger partial charge in [0.1, 0.15) is 17.6 Å². The van der Waals surface area contributed by atoms with E-state index in [1.54, 1.807) is 7.11 Å². The molecule has 1 aliphatic rings. The van der Waals surface area contributed by atoms with Crippen LogP contribution in [0.15, 0.2) is 12.1 Å². The first kappa shape index (κ1) is 15.2. The van der Waals surface area contributed by atoms with Gasteiger partial charge in [-0.2, -0.15) is 0 Å². The number of hydrogen-bond acceptors (Lipinski definition) is 3. The lowest BCUT2D eigenvalue weighted by molar-refractivity contribution is 0.254. The summed E-state index contributed by atoms with van der Waals surface area (Å²) >= 11 is 0. The van der Waals surface area contributed by atoms with E-state index in [9.17, 15) is 0 Å². The largest absolute Gasteiger partial charge is 0.496 e. The van der Waals surface area contributed by atoms with Gasteiger partial charge in [-0.15, -0.1) is 0 Å². The molecule has 3 heteroatoms. The molecule has 1 atom stereocenters. The van der Waals surface area contributed by atoms with Crippen LogP contribution >= 0.6 is 0 Å². The predicted octanol–water partition coefficient (Wildman–Crippen LogP) is 3.69. The molecule has 1 aromatic rings. The molecule has 0 saturated heterocycles. The molecular formula is C17H27NO2. The SMILES string of the molecule is CCCC(C)(C)NCc1cc2c(cc1OC)CC(C)O2. The molecule has 112 valence electrons. The minimum Gasteiger partial charge on any atom is -0.496 e. The average Bonchev–Trinajstić information content (AvgIpc) is 2.74. The molecule has 1 heterocycles. The van der Waals surface area contributed by atoms with Gasteiger partial charge >= 0.3 is 0 Å². The van der Waals surface area contributed by atoms with E-state index in [1.165, 1.54) is 17.5 Å². The summed E-state index contributed by atoms with van der Waals surface area (Å²) in [5.41, 5.74) is 2.57. The second kappa shape index (κ2) is 6.04. The summed E-state index contributed by atoms with van der Waals surface area (Å²) in [7, 11) is 1.74. The molecule has 2 rings (SSSR count). The number of benzene rings is 1. The van der Waals surface area contributed by atoms with Gasteiger partial charge < -0.3 is 14.8 Å². The van der Waals surface area contributed by atoms with Gasteiger partial charge in [-0.3, -0.25) is 0 Å². The van der Waals surface area contributed by atoms with Crippen molar-refractivity contribution in [1.29, 1.82) is 0 Å². The van der Waals surface area contributed by atoms with Crippen LogP contribution in [0.1, 0.15) is 51.7 Å². The van der Waals surface area contributed by atoms with Gasteiger partial charge in [0, 0.05) is 29.6 Å². The van der Waals surface area contributed by atoms with E-state index in [1.807, 2.05) is 0 Å². The Morgan fingerprint density at radius 1 is 1.40 bits per heavy atom. The fourth-order valence-electron chi connectivity index (χ4n) is 2.86. The molecule has 1 N–H and O–H groups in total. The first-order valence-corrected chi connectivity index (χ1v) is 7.56. The van der Waals surface area contributed by atoms with Crippen LogP contribution in [0.2, 0.25) is 0 Å². The number of methoxy groups -OCH3 is 1. The van der Waals surface area contributed by atoms with Gasteiger partial charge in [0.2, 0.25) is 0 Å². The second-order valence-electron chi connectivity index (χ2n) is 6.39. The lowest BCUT2D eigenvalue weighted by Gasteiger charge is -2.26. The van der Waals surface area contributed by atoms with E-state index in [2.05, 4.69) is 45.1 Å². The molecule has 1 unspecified atom stereocenters. The summed E-state index contributed by atoms with van der Waals surface area (Å²) in [6, 6.07) is 4.26. The quantitative estimate of drug-likeness (QED) is 0.860. The minimum absolute atomic E-state index is 0.146. The molecule has 0 bridgehead atoms. The summed E-state index contributed by atoms with van der Waals surface area (Å²) in [6.07, 6.45) is 3.59. The van der Waals surface area contributed by atoms with Crippen LogP contribution in [0, 0.1) is 0 Å². The Hall–Kier alpha value is -1.22. The van der Waals surface area contributed by atoms with Crippen molar-refractivity contribution >= 4 is 0 Å². The molecule has 0 amide bonds.